The zero-order valence-corrected chi connectivity index (χ0v) is 12.3. The molecule has 0 radical (unpaired) electrons. The number of rotatable bonds is 5. The Bertz CT molecular complexity index is 491. The molecule has 1 rings (SSSR count). The average molecular weight is 330 g/mol. The van der Waals surface area contributed by atoms with E-state index in [1.165, 1.54) is 18.2 Å². The predicted molar refractivity (Wildman–Crippen MR) is 76.9 cm³/mol. The number of halogens is 1. The van der Waals surface area contributed by atoms with Crippen LogP contribution >= 0.6 is 15.9 Å². The first kappa shape index (κ1) is 15.6. The fourth-order valence-electron chi connectivity index (χ4n) is 1.58. The molecule has 7 heteroatoms. The van der Waals surface area contributed by atoms with Gasteiger partial charge in [0.2, 0.25) is 5.91 Å². The Morgan fingerprint density at radius 3 is 2.63 bits per heavy atom. The second-order valence-electron chi connectivity index (χ2n) is 4.65. The van der Waals surface area contributed by atoms with Crippen LogP contribution in [0.5, 0.6) is 0 Å². The van der Waals surface area contributed by atoms with Crippen molar-refractivity contribution in [1.82, 2.24) is 0 Å². The minimum absolute atomic E-state index is 0.0514. The highest BCUT2D eigenvalue weighted by Crippen LogP contribution is 2.27. The van der Waals surface area contributed by atoms with Gasteiger partial charge in [0.05, 0.1) is 15.4 Å². The Balaban J connectivity index is 2.75. The molecule has 0 aliphatic carbocycles. The maximum Gasteiger partial charge on any atom is 0.283 e. The van der Waals surface area contributed by atoms with Crippen molar-refractivity contribution in [2.24, 2.45) is 11.7 Å². The summed E-state index contributed by atoms with van der Waals surface area (Å²) in [6.45, 7) is 3.96. The summed E-state index contributed by atoms with van der Waals surface area (Å²) in [7, 11) is 0. The summed E-state index contributed by atoms with van der Waals surface area (Å²) in [5, 5.41) is 13.3. The normalized spacial score (nSPS) is 12.3. The van der Waals surface area contributed by atoms with Gasteiger partial charge in [0.25, 0.3) is 5.69 Å². The van der Waals surface area contributed by atoms with Gasteiger partial charge in [-0.15, -0.1) is 0 Å². The Hall–Kier alpha value is -1.47. The molecule has 1 aromatic carbocycles. The van der Waals surface area contributed by atoms with Crippen molar-refractivity contribution in [1.29, 1.82) is 0 Å². The van der Waals surface area contributed by atoms with Crippen molar-refractivity contribution in [3.63, 3.8) is 0 Å². The van der Waals surface area contributed by atoms with E-state index in [-0.39, 0.29) is 11.6 Å². The SMILES string of the molecule is CC(C)C[C@H](N)C(=O)Nc1ccc([N+](=O)[O-])c(Br)c1. The zero-order chi connectivity index (χ0) is 14.6. The number of nitrogens with two attached hydrogens (primary N) is 1. The molecule has 104 valence electrons. The zero-order valence-electron chi connectivity index (χ0n) is 10.7. The molecule has 1 amide bonds. The molecule has 0 aliphatic rings. The fraction of sp³-hybridized carbons (Fsp3) is 0.417. The van der Waals surface area contributed by atoms with E-state index in [1.54, 1.807) is 0 Å². The highest BCUT2D eigenvalue weighted by molar-refractivity contribution is 9.10. The van der Waals surface area contributed by atoms with Crippen LogP contribution in [0.2, 0.25) is 0 Å². The first-order valence-electron chi connectivity index (χ1n) is 5.81. The van der Waals surface area contributed by atoms with Gasteiger partial charge in [0, 0.05) is 11.8 Å². The van der Waals surface area contributed by atoms with Crippen molar-refractivity contribution in [3.05, 3.63) is 32.8 Å². The molecule has 0 spiro atoms. The topological polar surface area (TPSA) is 98.3 Å². The number of anilines is 1. The van der Waals surface area contributed by atoms with E-state index in [1.807, 2.05) is 13.8 Å². The second-order valence-corrected chi connectivity index (χ2v) is 5.50. The summed E-state index contributed by atoms with van der Waals surface area (Å²) < 4.78 is 0.313. The number of hydrogen-bond donors (Lipinski definition) is 2. The van der Waals surface area contributed by atoms with Gasteiger partial charge in [-0.25, -0.2) is 0 Å². The third kappa shape index (κ3) is 4.60. The Morgan fingerprint density at radius 2 is 2.16 bits per heavy atom. The summed E-state index contributed by atoms with van der Waals surface area (Å²) >= 11 is 3.09. The molecule has 19 heavy (non-hydrogen) atoms. The monoisotopic (exact) mass is 329 g/mol. The van der Waals surface area contributed by atoms with Crippen LogP contribution < -0.4 is 11.1 Å². The van der Waals surface area contributed by atoms with Crippen LogP contribution in [0, 0.1) is 16.0 Å². The molecule has 0 unspecified atom stereocenters. The number of carbonyl (C=O) groups is 1. The maximum atomic E-state index is 11.8. The number of benzene rings is 1. The molecule has 0 aromatic heterocycles. The van der Waals surface area contributed by atoms with Gasteiger partial charge < -0.3 is 11.1 Å². The first-order valence-corrected chi connectivity index (χ1v) is 6.61. The van der Waals surface area contributed by atoms with Gasteiger partial charge in [-0.2, -0.15) is 0 Å². The van der Waals surface area contributed by atoms with Crippen LogP contribution in [0.3, 0.4) is 0 Å². The number of amides is 1. The van der Waals surface area contributed by atoms with E-state index >= 15 is 0 Å². The Kier molecular flexibility index (Phi) is 5.44. The quantitative estimate of drug-likeness (QED) is 0.640. The Morgan fingerprint density at radius 1 is 1.53 bits per heavy atom. The van der Waals surface area contributed by atoms with Gasteiger partial charge in [0.1, 0.15) is 0 Å². The number of nitrogens with zero attached hydrogens (tertiary/aromatic N) is 1. The number of carbonyl (C=O) groups excluding carboxylic acids is 1. The van der Waals surface area contributed by atoms with E-state index in [2.05, 4.69) is 21.2 Å². The highest BCUT2D eigenvalue weighted by Gasteiger charge is 2.17. The lowest BCUT2D eigenvalue weighted by Crippen LogP contribution is -2.36. The lowest BCUT2D eigenvalue weighted by Gasteiger charge is -2.14. The second kappa shape index (κ2) is 6.63. The lowest BCUT2D eigenvalue weighted by atomic mass is 10.0. The van der Waals surface area contributed by atoms with E-state index in [4.69, 9.17) is 5.73 Å². The van der Waals surface area contributed by atoms with Crippen LogP contribution in [0.1, 0.15) is 20.3 Å². The molecule has 0 bridgehead atoms. The molecule has 0 fully saturated rings. The maximum absolute atomic E-state index is 11.8. The third-order valence-electron chi connectivity index (χ3n) is 2.47. The van der Waals surface area contributed by atoms with Crippen molar-refractivity contribution >= 4 is 33.2 Å². The Labute approximate surface area is 119 Å². The van der Waals surface area contributed by atoms with Gasteiger partial charge in [-0.05, 0) is 40.4 Å². The number of nitro groups is 1. The van der Waals surface area contributed by atoms with Gasteiger partial charge in [-0.1, -0.05) is 13.8 Å². The molecule has 0 saturated heterocycles. The smallest absolute Gasteiger partial charge is 0.283 e. The van der Waals surface area contributed by atoms with E-state index in [9.17, 15) is 14.9 Å². The highest BCUT2D eigenvalue weighted by atomic mass is 79.9. The minimum atomic E-state index is -0.589. The minimum Gasteiger partial charge on any atom is -0.325 e. The van der Waals surface area contributed by atoms with E-state index in [0.717, 1.165) is 0 Å². The molecule has 3 N–H and O–H groups in total. The molecular formula is C12H16BrN3O3. The number of nitrogens with one attached hydrogen (secondary N) is 1. The third-order valence-corrected chi connectivity index (χ3v) is 3.11. The largest absolute Gasteiger partial charge is 0.325 e. The molecule has 1 aromatic rings. The number of hydrogen-bond acceptors (Lipinski definition) is 4. The predicted octanol–water partition coefficient (Wildman–Crippen LogP) is 2.67. The van der Waals surface area contributed by atoms with Gasteiger partial charge in [0.15, 0.2) is 0 Å². The summed E-state index contributed by atoms with van der Waals surface area (Å²) in [4.78, 5) is 21.9. The molecule has 0 aliphatic heterocycles. The lowest BCUT2D eigenvalue weighted by molar-refractivity contribution is -0.385. The average Bonchev–Trinajstić information content (AvgIpc) is 2.27. The van der Waals surface area contributed by atoms with Crippen molar-refractivity contribution in [2.75, 3.05) is 5.32 Å². The van der Waals surface area contributed by atoms with Crippen LogP contribution in [-0.2, 0) is 4.79 Å². The molecular weight excluding hydrogens is 314 g/mol. The van der Waals surface area contributed by atoms with E-state index < -0.39 is 11.0 Å². The molecule has 6 nitrogen and oxygen atoms in total. The van der Waals surface area contributed by atoms with Gasteiger partial charge in [-0.3, -0.25) is 14.9 Å². The van der Waals surface area contributed by atoms with Crippen LogP contribution in [0.25, 0.3) is 0 Å². The summed E-state index contributed by atoms with van der Waals surface area (Å²) in [5.74, 6) is 0.0267. The van der Waals surface area contributed by atoms with Crippen LogP contribution in [0.15, 0.2) is 22.7 Å². The van der Waals surface area contributed by atoms with Crippen LogP contribution in [-0.4, -0.2) is 16.9 Å². The molecule has 0 heterocycles. The summed E-state index contributed by atoms with van der Waals surface area (Å²) in [6, 6.07) is 3.70. The number of nitro benzene ring substituents is 1. The summed E-state index contributed by atoms with van der Waals surface area (Å²) in [6.07, 6.45) is 0.583. The standard InChI is InChI=1S/C12H16BrN3O3/c1-7(2)5-10(14)12(17)15-8-3-4-11(16(18)19)9(13)6-8/h3-4,6-7,10H,5,14H2,1-2H3,(H,15,17)/t10-/m0/s1. The van der Waals surface area contributed by atoms with Crippen molar-refractivity contribution in [2.45, 2.75) is 26.3 Å². The van der Waals surface area contributed by atoms with Crippen molar-refractivity contribution in [3.8, 4) is 0 Å². The molecule has 0 saturated carbocycles. The van der Waals surface area contributed by atoms with Crippen LogP contribution in [0.4, 0.5) is 11.4 Å². The van der Waals surface area contributed by atoms with E-state index in [0.29, 0.717) is 22.5 Å². The summed E-state index contributed by atoms with van der Waals surface area (Å²) in [5.41, 5.74) is 6.17. The van der Waals surface area contributed by atoms with Gasteiger partial charge >= 0.3 is 0 Å². The van der Waals surface area contributed by atoms with Crippen molar-refractivity contribution < 1.29 is 9.72 Å². The molecule has 1 atom stereocenters. The fourth-order valence-corrected chi connectivity index (χ4v) is 2.11. The first-order chi connectivity index (χ1) is 8.81.